The maximum atomic E-state index is 6.19. The van der Waals surface area contributed by atoms with Gasteiger partial charge in [0, 0.05) is 43.2 Å². The molecule has 0 bridgehead atoms. The van der Waals surface area contributed by atoms with Crippen LogP contribution in [-0.4, -0.2) is 24.1 Å². The third kappa shape index (κ3) is 2.93. The van der Waals surface area contributed by atoms with Crippen LogP contribution < -0.4 is 5.32 Å². The van der Waals surface area contributed by atoms with E-state index in [4.69, 9.17) is 11.6 Å². The van der Waals surface area contributed by atoms with E-state index in [0.717, 1.165) is 39.7 Å². The molecule has 7 heteroatoms. The average molecular weight is 367 g/mol. The SMILES string of the molecule is Cc1nn2c(NCc3cccc(-c4nccn4C)c3)cc(Cl)nc2c1C. The predicted molar refractivity (Wildman–Crippen MR) is 103 cm³/mol. The molecule has 4 rings (SSSR count). The molecule has 0 aliphatic carbocycles. The highest BCUT2D eigenvalue weighted by Gasteiger charge is 2.12. The first-order valence-electron chi connectivity index (χ1n) is 8.36. The second kappa shape index (κ2) is 6.46. The summed E-state index contributed by atoms with van der Waals surface area (Å²) in [5.74, 6) is 1.76. The van der Waals surface area contributed by atoms with Gasteiger partial charge in [-0.25, -0.2) is 9.97 Å². The fourth-order valence-corrected chi connectivity index (χ4v) is 3.17. The van der Waals surface area contributed by atoms with Crippen LogP contribution in [0.1, 0.15) is 16.8 Å². The van der Waals surface area contributed by atoms with Gasteiger partial charge in [0.25, 0.3) is 0 Å². The van der Waals surface area contributed by atoms with Crippen LogP contribution in [0.15, 0.2) is 42.7 Å². The fourth-order valence-electron chi connectivity index (χ4n) is 2.98. The Labute approximate surface area is 156 Å². The Hall–Kier alpha value is -2.86. The van der Waals surface area contributed by atoms with Gasteiger partial charge in [-0.2, -0.15) is 9.61 Å². The van der Waals surface area contributed by atoms with Crippen LogP contribution in [0.25, 0.3) is 17.0 Å². The number of imidazole rings is 1. The molecule has 0 atom stereocenters. The Morgan fingerprint density at radius 1 is 1.19 bits per heavy atom. The third-order valence-corrected chi connectivity index (χ3v) is 4.70. The van der Waals surface area contributed by atoms with Crippen molar-refractivity contribution in [2.24, 2.45) is 7.05 Å². The van der Waals surface area contributed by atoms with Crippen molar-refractivity contribution in [2.45, 2.75) is 20.4 Å². The van der Waals surface area contributed by atoms with Crippen LogP contribution in [0.5, 0.6) is 0 Å². The van der Waals surface area contributed by atoms with Gasteiger partial charge >= 0.3 is 0 Å². The number of aryl methyl sites for hydroxylation is 3. The van der Waals surface area contributed by atoms with Crippen molar-refractivity contribution in [3.8, 4) is 11.4 Å². The molecule has 0 unspecified atom stereocenters. The summed E-state index contributed by atoms with van der Waals surface area (Å²) in [4.78, 5) is 8.80. The number of benzene rings is 1. The lowest BCUT2D eigenvalue weighted by atomic mass is 10.1. The summed E-state index contributed by atoms with van der Waals surface area (Å²) in [5.41, 5.74) is 4.99. The highest BCUT2D eigenvalue weighted by Crippen LogP contribution is 2.22. The molecule has 132 valence electrons. The van der Waals surface area contributed by atoms with Crippen molar-refractivity contribution in [1.29, 1.82) is 0 Å². The molecule has 1 N–H and O–H groups in total. The number of nitrogens with zero attached hydrogens (tertiary/aromatic N) is 5. The van der Waals surface area contributed by atoms with Crippen LogP contribution in [0.2, 0.25) is 5.15 Å². The van der Waals surface area contributed by atoms with Crippen LogP contribution in [0, 0.1) is 13.8 Å². The van der Waals surface area contributed by atoms with Gasteiger partial charge in [-0.05, 0) is 25.5 Å². The molecule has 1 aromatic carbocycles. The third-order valence-electron chi connectivity index (χ3n) is 4.51. The number of nitrogens with one attached hydrogen (secondary N) is 1. The number of hydrogen-bond donors (Lipinski definition) is 1. The summed E-state index contributed by atoms with van der Waals surface area (Å²) in [5, 5.41) is 8.43. The second-order valence-electron chi connectivity index (χ2n) is 6.33. The molecule has 3 heterocycles. The van der Waals surface area contributed by atoms with E-state index in [1.807, 2.05) is 37.7 Å². The van der Waals surface area contributed by atoms with Crippen LogP contribution in [-0.2, 0) is 13.6 Å². The lowest BCUT2D eigenvalue weighted by molar-refractivity contribution is 0.906. The van der Waals surface area contributed by atoms with Gasteiger partial charge in [-0.3, -0.25) is 0 Å². The summed E-state index contributed by atoms with van der Waals surface area (Å²) in [7, 11) is 1.99. The van der Waals surface area contributed by atoms with Gasteiger partial charge in [-0.1, -0.05) is 29.8 Å². The fraction of sp³-hybridized carbons (Fsp3) is 0.211. The van der Waals surface area contributed by atoms with E-state index in [1.165, 1.54) is 0 Å². The molecular weight excluding hydrogens is 348 g/mol. The highest BCUT2D eigenvalue weighted by atomic mass is 35.5. The van der Waals surface area contributed by atoms with Crippen molar-refractivity contribution < 1.29 is 0 Å². The number of anilines is 1. The number of fused-ring (bicyclic) bond motifs is 1. The van der Waals surface area contributed by atoms with Gasteiger partial charge < -0.3 is 9.88 Å². The van der Waals surface area contributed by atoms with Crippen molar-refractivity contribution >= 4 is 23.1 Å². The van der Waals surface area contributed by atoms with E-state index >= 15 is 0 Å². The Balaban J connectivity index is 1.63. The minimum absolute atomic E-state index is 0.449. The standard InChI is InChI=1S/C19H19ClN6/c1-12-13(2)24-26-17(10-16(20)23-18(12)26)22-11-14-5-4-6-15(9-14)19-21-7-8-25(19)3/h4-10,22H,11H2,1-3H3. The lowest BCUT2D eigenvalue weighted by Crippen LogP contribution is -2.06. The van der Waals surface area contributed by atoms with E-state index in [9.17, 15) is 0 Å². The molecule has 0 aliphatic rings. The van der Waals surface area contributed by atoms with Gasteiger partial charge in [0.05, 0.1) is 5.69 Å². The van der Waals surface area contributed by atoms with Crippen LogP contribution in [0.4, 0.5) is 5.82 Å². The highest BCUT2D eigenvalue weighted by molar-refractivity contribution is 6.29. The number of hydrogen-bond acceptors (Lipinski definition) is 4. The minimum Gasteiger partial charge on any atom is -0.366 e. The molecule has 26 heavy (non-hydrogen) atoms. The zero-order valence-electron chi connectivity index (χ0n) is 14.9. The molecular formula is C19H19ClN6. The molecule has 0 amide bonds. The molecule has 4 aromatic rings. The smallest absolute Gasteiger partial charge is 0.162 e. The zero-order chi connectivity index (χ0) is 18.3. The lowest BCUT2D eigenvalue weighted by Gasteiger charge is -2.10. The predicted octanol–water partition coefficient (Wildman–Crippen LogP) is 4.01. The van der Waals surface area contributed by atoms with Crippen molar-refractivity contribution in [3.05, 3.63) is 64.7 Å². The van der Waals surface area contributed by atoms with Gasteiger partial charge in [0.2, 0.25) is 0 Å². The van der Waals surface area contributed by atoms with Crippen molar-refractivity contribution in [2.75, 3.05) is 5.32 Å². The molecule has 0 radical (unpaired) electrons. The molecule has 0 aliphatic heterocycles. The average Bonchev–Trinajstić information content (AvgIpc) is 3.18. The maximum Gasteiger partial charge on any atom is 0.162 e. The largest absolute Gasteiger partial charge is 0.366 e. The molecule has 3 aromatic heterocycles. The Kier molecular flexibility index (Phi) is 4.12. The zero-order valence-corrected chi connectivity index (χ0v) is 15.6. The van der Waals surface area contributed by atoms with Crippen molar-refractivity contribution in [3.63, 3.8) is 0 Å². The van der Waals surface area contributed by atoms with E-state index in [0.29, 0.717) is 11.7 Å². The van der Waals surface area contributed by atoms with E-state index in [-0.39, 0.29) is 0 Å². The summed E-state index contributed by atoms with van der Waals surface area (Å²) in [6.07, 6.45) is 3.75. The first kappa shape index (κ1) is 16.6. The number of rotatable bonds is 4. The van der Waals surface area contributed by atoms with E-state index in [2.05, 4.69) is 38.6 Å². The first-order chi connectivity index (χ1) is 12.5. The van der Waals surface area contributed by atoms with E-state index < -0.39 is 0 Å². The maximum absolute atomic E-state index is 6.19. The van der Waals surface area contributed by atoms with Crippen LogP contribution >= 0.6 is 11.6 Å². The van der Waals surface area contributed by atoms with Gasteiger partial charge in [0.15, 0.2) is 5.65 Å². The first-order valence-corrected chi connectivity index (χ1v) is 8.73. The second-order valence-corrected chi connectivity index (χ2v) is 6.71. The number of aromatic nitrogens is 5. The van der Waals surface area contributed by atoms with Crippen LogP contribution in [0.3, 0.4) is 0 Å². The van der Waals surface area contributed by atoms with Crippen molar-refractivity contribution in [1.82, 2.24) is 24.1 Å². The quantitative estimate of drug-likeness (QED) is 0.554. The molecule has 6 nitrogen and oxygen atoms in total. The van der Waals surface area contributed by atoms with E-state index in [1.54, 1.807) is 16.8 Å². The Bertz CT molecular complexity index is 1090. The summed E-state index contributed by atoms with van der Waals surface area (Å²) >= 11 is 6.19. The summed E-state index contributed by atoms with van der Waals surface area (Å²) < 4.78 is 3.81. The Morgan fingerprint density at radius 2 is 2.04 bits per heavy atom. The normalized spacial score (nSPS) is 11.2. The molecule has 0 fully saturated rings. The van der Waals surface area contributed by atoms with Gasteiger partial charge in [-0.15, -0.1) is 0 Å². The molecule has 0 saturated carbocycles. The Morgan fingerprint density at radius 3 is 2.81 bits per heavy atom. The summed E-state index contributed by atoms with van der Waals surface area (Å²) in [6, 6.07) is 10.1. The minimum atomic E-state index is 0.449. The number of halogens is 1. The topological polar surface area (TPSA) is 60.0 Å². The van der Waals surface area contributed by atoms with Gasteiger partial charge in [0.1, 0.15) is 16.8 Å². The molecule has 0 saturated heterocycles. The monoisotopic (exact) mass is 366 g/mol. The summed E-state index contributed by atoms with van der Waals surface area (Å²) in [6.45, 7) is 4.62. The molecule has 0 spiro atoms.